The Morgan fingerprint density at radius 2 is 1.97 bits per heavy atom. The molecule has 0 saturated heterocycles. The topological polar surface area (TPSA) is 86.8 Å². The number of hydrogen-bond acceptors (Lipinski definition) is 7. The Morgan fingerprint density at radius 3 is 2.67 bits per heavy atom. The van der Waals surface area contributed by atoms with Crippen LogP contribution in [0.5, 0.6) is 0 Å². The zero-order valence-corrected chi connectivity index (χ0v) is 20.9. The van der Waals surface area contributed by atoms with Crippen LogP contribution in [0.15, 0.2) is 29.4 Å². The van der Waals surface area contributed by atoms with Gasteiger partial charge in [-0.15, -0.1) is 21.5 Å². The summed E-state index contributed by atoms with van der Waals surface area (Å²) in [6.07, 6.45) is 5.38. The molecule has 1 aliphatic rings. The van der Waals surface area contributed by atoms with Crippen LogP contribution in [-0.2, 0) is 24.2 Å². The Bertz CT molecular complexity index is 1170. The highest BCUT2D eigenvalue weighted by molar-refractivity contribution is 7.99. The number of nitrogens with one attached hydrogen (secondary N) is 1. The molecule has 1 amide bonds. The maximum absolute atomic E-state index is 12.7. The van der Waals surface area contributed by atoms with Gasteiger partial charge in [0.15, 0.2) is 11.0 Å². The molecule has 3 aromatic rings. The highest BCUT2D eigenvalue weighted by Gasteiger charge is 2.21. The van der Waals surface area contributed by atoms with Crippen molar-refractivity contribution in [3.63, 3.8) is 0 Å². The summed E-state index contributed by atoms with van der Waals surface area (Å²) in [5, 5.41) is 22.8. The number of anilines is 2. The van der Waals surface area contributed by atoms with Crippen molar-refractivity contribution in [3.8, 4) is 17.5 Å². The predicted octanol–water partition coefficient (Wildman–Crippen LogP) is 4.96. The van der Waals surface area contributed by atoms with E-state index in [1.165, 1.54) is 23.1 Å². The van der Waals surface area contributed by atoms with Gasteiger partial charge >= 0.3 is 0 Å². The van der Waals surface area contributed by atoms with Gasteiger partial charge in [-0.05, 0) is 62.4 Å². The summed E-state index contributed by atoms with van der Waals surface area (Å²) < 4.78 is 2.02. The molecule has 1 aromatic carbocycles. The van der Waals surface area contributed by atoms with E-state index in [2.05, 4.69) is 38.6 Å². The molecule has 0 spiro atoms. The van der Waals surface area contributed by atoms with Crippen molar-refractivity contribution in [2.45, 2.75) is 50.7 Å². The van der Waals surface area contributed by atoms with Crippen LogP contribution in [-0.4, -0.2) is 40.5 Å². The second-order valence-corrected chi connectivity index (χ2v) is 10.3. The number of aromatic nitrogens is 3. The molecule has 0 bridgehead atoms. The number of nitrogens with zero attached hydrogens (tertiary/aromatic N) is 5. The van der Waals surface area contributed by atoms with Crippen LogP contribution in [0.4, 0.5) is 10.7 Å². The second kappa shape index (κ2) is 10.4. The van der Waals surface area contributed by atoms with E-state index >= 15 is 0 Å². The van der Waals surface area contributed by atoms with Gasteiger partial charge in [-0.3, -0.25) is 4.79 Å². The normalized spacial score (nSPS) is 13.2. The standard InChI is InChI=1S/C24H28N6OS2/c1-4-30-22(16-10-12-17(13-11-16)29(2)3)27-28-24(30)32-15-21(31)26-23-19(14-25)18-8-6-5-7-9-20(18)33-23/h10-13H,4-9,15H2,1-3H3,(H,26,31). The molecule has 1 N–H and O–H groups in total. The molecule has 0 radical (unpaired) electrons. The Hall–Kier alpha value is -2.83. The Labute approximate surface area is 202 Å². The molecule has 4 rings (SSSR count). The van der Waals surface area contributed by atoms with E-state index in [1.807, 2.05) is 37.7 Å². The van der Waals surface area contributed by atoms with Crippen molar-refractivity contribution in [1.82, 2.24) is 14.8 Å². The minimum absolute atomic E-state index is 0.129. The molecular weight excluding hydrogens is 452 g/mol. The number of carbonyl (C=O) groups excluding carboxylic acids is 1. The first-order valence-electron chi connectivity index (χ1n) is 11.2. The van der Waals surface area contributed by atoms with Gasteiger partial charge in [-0.2, -0.15) is 5.26 Å². The molecule has 1 aliphatic carbocycles. The van der Waals surface area contributed by atoms with Gasteiger partial charge in [0.2, 0.25) is 5.91 Å². The van der Waals surface area contributed by atoms with Crippen molar-refractivity contribution in [2.24, 2.45) is 0 Å². The van der Waals surface area contributed by atoms with Crippen LogP contribution in [0.1, 0.15) is 42.2 Å². The summed E-state index contributed by atoms with van der Waals surface area (Å²) in [7, 11) is 4.02. The number of thiophene rings is 1. The molecule has 0 atom stereocenters. The summed E-state index contributed by atoms with van der Waals surface area (Å²) in [5.41, 5.74) is 3.90. The van der Waals surface area contributed by atoms with Gasteiger partial charge in [0.05, 0.1) is 11.3 Å². The minimum atomic E-state index is -0.129. The van der Waals surface area contributed by atoms with Crippen molar-refractivity contribution in [1.29, 1.82) is 5.26 Å². The first-order chi connectivity index (χ1) is 16.0. The van der Waals surface area contributed by atoms with Crippen LogP contribution >= 0.6 is 23.1 Å². The van der Waals surface area contributed by atoms with Gasteiger partial charge in [-0.1, -0.05) is 18.2 Å². The van der Waals surface area contributed by atoms with Gasteiger partial charge in [0.25, 0.3) is 0 Å². The third kappa shape index (κ3) is 5.07. The molecule has 2 aromatic heterocycles. The maximum Gasteiger partial charge on any atom is 0.235 e. The first-order valence-corrected chi connectivity index (χ1v) is 13.0. The smallest absolute Gasteiger partial charge is 0.235 e. The van der Waals surface area contributed by atoms with Crippen LogP contribution in [0.2, 0.25) is 0 Å². The number of aryl methyl sites for hydroxylation is 1. The summed E-state index contributed by atoms with van der Waals surface area (Å²) in [4.78, 5) is 16.0. The van der Waals surface area contributed by atoms with E-state index in [0.717, 1.165) is 48.3 Å². The van der Waals surface area contributed by atoms with E-state index in [-0.39, 0.29) is 11.7 Å². The molecule has 0 saturated carbocycles. The number of carbonyl (C=O) groups is 1. The van der Waals surface area contributed by atoms with Crippen molar-refractivity contribution >= 4 is 39.7 Å². The fraction of sp³-hybridized carbons (Fsp3) is 0.417. The summed E-state index contributed by atoms with van der Waals surface area (Å²) in [6, 6.07) is 10.5. The lowest BCUT2D eigenvalue weighted by Gasteiger charge is -2.13. The van der Waals surface area contributed by atoms with Crippen molar-refractivity contribution in [3.05, 3.63) is 40.3 Å². The monoisotopic (exact) mass is 480 g/mol. The molecular formula is C24H28N6OS2. The van der Waals surface area contributed by atoms with Crippen molar-refractivity contribution < 1.29 is 4.79 Å². The van der Waals surface area contributed by atoms with Gasteiger partial charge in [-0.25, -0.2) is 0 Å². The number of nitriles is 1. The highest BCUT2D eigenvalue weighted by Crippen LogP contribution is 2.37. The maximum atomic E-state index is 12.7. The molecule has 172 valence electrons. The number of rotatable bonds is 7. The first kappa shape index (κ1) is 23.3. The average molecular weight is 481 g/mol. The van der Waals surface area contributed by atoms with E-state index < -0.39 is 0 Å². The molecule has 0 fully saturated rings. The van der Waals surface area contributed by atoms with Gasteiger partial charge < -0.3 is 14.8 Å². The summed E-state index contributed by atoms with van der Waals surface area (Å²) in [6.45, 7) is 2.75. The number of amides is 1. The molecule has 0 aliphatic heterocycles. The van der Waals surface area contributed by atoms with Crippen LogP contribution in [0.25, 0.3) is 11.4 Å². The SMILES string of the molecule is CCn1c(SCC(=O)Nc2sc3c(c2C#N)CCCCC3)nnc1-c1ccc(N(C)C)cc1. The third-order valence-corrected chi connectivity index (χ3v) is 7.97. The summed E-state index contributed by atoms with van der Waals surface area (Å²) in [5.74, 6) is 0.875. The highest BCUT2D eigenvalue weighted by atomic mass is 32.2. The molecule has 7 nitrogen and oxygen atoms in total. The number of hydrogen-bond donors (Lipinski definition) is 1. The molecule has 33 heavy (non-hydrogen) atoms. The number of thioether (sulfide) groups is 1. The van der Waals surface area contributed by atoms with E-state index in [0.29, 0.717) is 22.3 Å². The Morgan fingerprint density at radius 1 is 1.21 bits per heavy atom. The molecule has 2 heterocycles. The van der Waals surface area contributed by atoms with Gasteiger partial charge in [0.1, 0.15) is 11.1 Å². The van der Waals surface area contributed by atoms with E-state index in [1.54, 1.807) is 11.3 Å². The van der Waals surface area contributed by atoms with E-state index in [9.17, 15) is 10.1 Å². The Balaban J connectivity index is 1.45. The quantitative estimate of drug-likeness (QED) is 0.380. The van der Waals surface area contributed by atoms with Crippen LogP contribution in [0.3, 0.4) is 0 Å². The molecule has 9 heteroatoms. The fourth-order valence-electron chi connectivity index (χ4n) is 4.04. The lowest BCUT2D eigenvalue weighted by Crippen LogP contribution is -2.14. The van der Waals surface area contributed by atoms with Gasteiger partial charge in [0, 0.05) is 36.8 Å². The lowest BCUT2D eigenvalue weighted by atomic mass is 10.1. The fourth-order valence-corrected chi connectivity index (χ4v) is 6.10. The minimum Gasteiger partial charge on any atom is -0.378 e. The van der Waals surface area contributed by atoms with E-state index in [4.69, 9.17) is 0 Å². The van der Waals surface area contributed by atoms with Crippen LogP contribution < -0.4 is 10.2 Å². The van der Waals surface area contributed by atoms with Crippen LogP contribution in [0, 0.1) is 11.3 Å². The molecule has 0 unspecified atom stereocenters. The lowest BCUT2D eigenvalue weighted by molar-refractivity contribution is -0.113. The zero-order chi connectivity index (χ0) is 23.4. The largest absolute Gasteiger partial charge is 0.378 e. The predicted molar refractivity (Wildman–Crippen MR) is 135 cm³/mol. The number of fused-ring (bicyclic) bond motifs is 1. The van der Waals surface area contributed by atoms with Crippen molar-refractivity contribution in [2.75, 3.05) is 30.1 Å². The third-order valence-electron chi connectivity index (χ3n) is 5.79. The zero-order valence-electron chi connectivity index (χ0n) is 19.2. The summed E-state index contributed by atoms with van der Waals surface area (Å²) >= 11 is 2.93. The number of benzene rings is 1. The Kier molecular flexibility index (Phi) is 7.36. The second-order valence-electron chi connectivity index (χ2n) is 8.21. The average Bonchev–Trinajstić information content (AvgIpc) is 3.29.